The number of rotatable bonds is 2. The van der Waals surface area contributed by atoms with Crippen molar-refractivity contribution < 1.29 is 14.3 Å². The molecule has 1 aromatic carbocycles. The van der Waals surface area contributed by atoms with Gasteiger partial charge in [-0.2, -0.15) is 0 Å². The molecule has 1 aromatic rings. The highest BCUT2D eigenvalue weighted by molar-refractivity contribution is 9.10. The maximum Gasteiger partial charge on any atom is 0.310 e. The maximum absolute atomic E-state index is 12.7. The molecular weight excluding hydrogens is 370 g/mol. The van der Waals surface area contributed by atoms with Gasteiger partial charge in [-0.3, -0.25) is 9.59 Å². The average Bonchev–Trinajstić information content (AvgIpc) is 3.05. The molecule has 4 nitrogen and oxygen atoms in total. The standard InChI is InChI=1S/C16H15BrClNO3/c1-6-2-9(17)10(18)5-11(6)19-15(20)13-7-3-8-12(4-7)22-16(21)14(8)13/h2,5,7-8,12-14H,3-4H2,1H3,(H,19,20)/t7-,8+,12+,13-,14+/m1/s1. The monoisotopic (exact) mass is 383 g/mol. The summed E-state index contributed by atoms with van der Waals surface area (Å²) in [5, 5.41) is 3.51. The van der Waals surface area contributed by atoms with Crippen LogP contribution in [-0.2, 0) is 14.3 Å². The van der Waals surface area contributed by atoms with Gasteiger partial charge < -0.3 is 10.1 Å². The van der Waals surface area contributed by atoms with Crippen molar-refractivity contribution in [1.82, 2.24) is 0 Å². The van der Waals surface area contributed by atoms with Crippen LogP contribution in [0.3, 0.4) is 0 Å². The molecule has 0 radical (unpaired) electrons. The fourth-order valence-corrected chi connectivity index (χ4v) is 4.98. The highest BCUT2D eigenvalue weighted by Gasteiger charge is 2.63. The van der Waals surface area contributed by atoms with Gasteiger partial charge in [0.1, 0.15) is 6.10 Å². The Morgan fingerprint density at radius 2 is 2.18 bits per heavy atom. The molecular formula is C16H15BrClNO3. The number of amides is 1. The molecule has 0 unspecified atom stereocenters. The molecule has 5 atom stereocenters. The van der Waals surface area contributed by atoms with Crippen LogP contribution in [0, 0.1) is 30.6 Å². The Bertz CT molecular complexity index is 690. The van der Waals surface area contributed by atoms with Crippen molar-refractivity contribution in [3.05, 3.63) is 27.2 Å². The third-order valence-corrected chi connectivity index (χ3v) is 6.51. The number of hydrogen-bond acceptors (Lipinski definition) is 3. The van der Waals surface area contributed by atoms with Crippen LogP contribution in [0.25, 0.3) is 0 Å². The Morgan fingerprint density at radius 3 is 2.95 bits per heavy atom. The van der Waals surface area contributed by atoms with E-state index in [1.807, 2.05) is 13.0 Å². The van der Waals surface area contributed by atoms with Crippen LogP contribution in [-0.4, -0.2) is 18.0 Å². The minimum Gasteiger partial charge on any atom is -0.462 e. The first-order valence-electron chi connectivity index (χ1n) is 7.42. The molecule has 116 valence electrons. The molecule has 22 heavy (non-hydrogen) atoms. The molecule has 3 fully saturated rings. The SMILES string of the molecule is Cc1cc(Br)c(Cl)cc1NC(=O)[C@@H]1[C@@H]2C[C@@H]3[C@@H]1C(=O)O[C@H]3C2. The molecule has 2 saturated carbocycles. The summed E-state index contributed by atoms with van der Waals surface area (Å²) in [5.41, 5.74) is 1.63. The summed E-state index contributed by atoms with van der Waals surface area (Å²) in [6.07, 6.45) is 1.81. The Labute approximate surface area is 141 Å². The summed E-state index contributed by atoms with van der Waals surface area (Å²) in [5.74, 6) is -0.300. The molecule has 1 amide bonds. The Kier molecular flexibility index (Phi) is 3.28. The first kappa shape index (κ1) is 14.5. The number of esters is 1. The van der Waals surface area contributed by atoms with Crippen LogP contribution < -0.4 is 5.32 Å². The number of halogens is 2. The Morgan fingerprint density at radius 1 is 1.41 bits per heavy atom. The van der Waals surface area contributed by atoms with Gasteiger partial charge in [0.25, 0.3) is 0 Å². The third kappa shape index (κ3) is 2.02. The summed E-state index contributed by atoms with van der Waals surface area (Å²) < 4.78 is 6.18. The third-order valence-electron chi connectivity index (χ3n) is 5.31. The number of hydrogen-bond donors (Lipinski definition) is 1. The van der Waals surface area contributed by atoms with Crippen LogP contribution in [0.4, 0.5) is 5.69 Å². The van der Waals surface area contributed by atoms with Gasteiger partial charge in [0.2, 0.25) is 5.91 Å². The van der Waals surface area contributed by atoms with Gasteiger partial charge in [0.15, 0.2) is 0 Å². The number of anilines is 1. The number of nitrogens with one attached hydrogen (secondary N) is 1. The number of aryl methyl sites for hydroxylation is 1. The van der Waals surface area contributed by atoms with E-state index in [0.29, 0.717) is 10.7 Å². The molecule has 1 heterocycles. The van der Waals surface area contributed by atoms with Gasteiger partial charge in [-0.1, -0.05) is 11.6 Å². The molecule has 0 spiro atoms. The van der Waals surface area contributed by atoms with Crippen LogP contribution in [0.5, 0.6) is 0 Å². The summed E-state index contributed by atoms with van der Waals surface area (Å²) in [6.45, 7) is 1.91. The largest absolute Gasteiger partial charge is 0.462 e. The number of benzene rings is 1. The van der Waals surface area contributed by atoms with E-state index in [1.54, 1.807) is 6.07 Å². The highest BCUT2D eigenvalue weighted by Crippen LogP contribution is 2.57. The summed E-state index contributed by atoms with van der Waals surface area (Å²) in [4.78, 5) is 24.7. The van der Waals surface area contributed by atoms with Crippen molar-refractivity contribution in [3.8, 4) is 0 Å². The fraction of sp³-hybridized carbons (Fsp3) is 0.500. The number of carbonyl (C=O) groups is 2. The quantitative estimate of drug-likeness (QED) is 0.793. The predicted molar refractivity (Wildman–Crippen MR) is 85.6 cm³/mol. The summed E-state index contributed by atoms with van der Waals surface area (Å²) in [7, 11) is 0. The van der Waals surface area contributed by atoms with Crippen molar-refractivity contribution in [2.24, 2.45) is 23.7 Å². The van der Waals surface area contributed by atoms with Crippen molar-refractivity contribution in [2.45, 2.75) is 25.9 Å². The Balaban J connectivity index is 1.59. The molecule has 4 rings (SSSR count). The van der Waals surface area contributed by atoms with Crippen LogP contribution >= 0.6 is 27.5 Å². The van der Waals surface area contributed by atoms with Crippen LogP contribution in [0.1, 0.15) is 18.4 Å². The Hall–Kier alpha value is -1.07. The zero-order valence-corrected chi connectivity index (χ0v) is 14.3. The molecule has 1 saturated heterocycles. The van der Waals surface area contributed by atoms with Gasteiger partial charge in [0, 0.05) is 16.1 Å². The summed E-state index contributed by atoms with van der Waals surface area (Å²) in [6, 6.07) is 3.61. The minimum absolute atomic E-state index is 0.0513. The average molecular weight is 385 g/mol. The second-order valence-electron chi connectivity index (χ2n) is 6.49. The van der Waals surface area contributed by atoms with Crippen molar-refractivity contribution in [2.75, 3.05) is 5.32 Å². The first-order valence-corrected chi connectivity index (χ1v) is 8.60. The molecule has 1 N–H and O–H groups in total. The van der Waals surface area contributed by atoms with Gasteiger partial charge in [-0.15, -0.1) is 0 Å². The van der Waals surface area contributed by atoms with E-state index in [1.165, 1.54) is 0 Å². The second kappa shape index (κ2) is 4.96. The molecule has 3 aliphatic rings. The van der Waals surface area contributed by atoms with Crippen molar-refractivity contribution in [1.29, 1.82) is 0 Å². The predicted octanol–water partition coefficient (Wildman–Crippen LogP) is 3.55. The minimum atomic E-state index is -0.266. The van der Waals surface area contributed by atoms with E-state index in [4.69, 9.17) is 16.3 Å². The molecule has 0 aromatic heterocycles. The number of carbonyl (C=O) groups excluding carboxylic acids is 2. The van der Waals surface area contributed by atoms with E-state index < -0.39 is 0 Å². The molecule has 2 aliphatic carbocycles. The van der Waals surface area contributed by atoms with Gasteiger partial charge in [-0.05, 0) is 59.3 Å². The van der Waals surface area contributed by atoms with Crippen LogP contribution in [0.2, 0.25) is 5.02 Å². The van der Waals surface area contributed by atoms with E-state index in [9.17, 15) is 9.59 Å². The van der Waals surface area contributed by atoms with E-state index in [0.717, 1.165) is 22.9 Å². The lowest BCUT2D eigenvalue weighted by Crippen LogP contribution is -2.36. The second-order valence-corrected chi connectivity index (χ2v) is 7.75. The smallest absolute Gasteiger partial charge is 0.310 e. The van der Waals surface area contributed by atoms with Crippen molar-refractivity contribution in [3.63, 3.8) is 0 Å². The molecule has 2 bridgehead atoms. The molecule has 1 aliphatic heterocycles. The summed E-state index contributed by atoms with van der Waals surface area (Å²) >= 11 is 9.47. The van der Waals surface area contributed by atoms with Gasteiger partial charge in [0.05, 0.1) is 16.9 Å². The van der Waals surface area contributed by atoms with E-state index in [2.05, 4.69) is 21.2 Å². The highest BCUT2D eigenvalue weighted by atomic mass is 79.9. The lowest BCUT2D eigenvalue weighted by molar-refractivity contribution is -0.145. The fourth-order valence-electron chi connectivity index (χ4n) is 4.36. The number of fused-ring (bicyclic) bond motifs is 1. The zero-order chi connectivity index (χ0) is 15.6. The molecule has 6 heteroatoms. The van der Waals surface area contributed by atoms with Gasteiger partial charge >= 0.3 is 5.97 Å². The van der Waals surface area contributed by atoms with E-state index in [-0.39, 0.29) is 41.7 Å². The lowest BCUT2D eigenvalue weighted by atomic mass is 9.79. The van der Waals surface area contributed by atoms with E-state index >= 15 is 0 Å². The topological polar surface area (TPSA) is 55.4 Å². The first-order chi connectivity index (χ1) is 10.5. The van der Waals surface area contributed by atoms with Crippen LogP contribution in [0.15, 0.2) is 16.6 Å². The normalized spacial score (nSPS) is 34.9. The van der Waals surface area contributed by atoms with Crippen molar-refractivity contribution >= 4 is 45.1 Å². The number of ether oxygens (including phenoxy) is 1. The lowest BCUT2D eigenvalue weighted by Gasteiger charge is -2.24. The zero-order valence-electron chi connectivity index (χ0n) is 11.9. The van der Waals surface area contributed by atoms with Gasteiger partial charge in [-0.25, -0.2) is 0 Å². The maximum atomic E-state index is 12.7.